The van der Waals surface area contributed by atoms with Crippen LogP contribution in [0.25, 0.3) is 6.08 Å². The smallest absolute Gasteiger partial charge is 0.266 e. The van der Waals surface area contributed by atoms with Crippen molar-refractivity contribution in [1.29, 1.82) is 0 Å². The highest BCUT2D eigenvalue weighted by Crippen LogP contribution is 2.39. The second kappa shape index (κ2) is 12.7. The molecule has 0 N–H and O–H groups in total. The molecule has 1 saturated heterocycles. The number of hydrogen-bond donors (Lipinski definition) is 0. The lowest BCUT2D eigenvalue weighted by Crippen LogP contribution is -2.41. The highest BCUT2D eigenvalue weighted by molar-refractivity contribution is 14.1. The van der Waals surface area contributed by atoms with Gasteiger partial charge in [0.2, 0.25) is 0 Å². The van der Waals surface area contributed by atoms with E-state index in [-0.39, 0.29) is 11.9 Å². The number of nitrogens with zero attached hydrogens (tertiary/aromatic N) is 2. The van der Waals surface area contributed by atoms with E-state index in [0.29, 0.717) is 24.1 Å². The number of thioether (sulfide) groups is 1. The topological polar surface area (TPSA) is 51.1 Å². The maximum Gasteiger partial charge on any atom is 0.266 e. The van der Waals surface area contributed by atoms with Crippen molar-refractivity contribution in [2.45, 2.75) is 82.9 Å². The minimum atomic E-state index is 0.101. The second-order valence-corrected chi connectivity index (χ2v) is 12.4. The first-order valence-electron chi connectivity index (χ1n) is 13.5. The van der Waals surface area contributed by atoms with Crippen LogP contribution in [0, 0.1) is 3.57 Å². The number of ether oxygens (including phenoxy) is 2. The van der Waals surface area contributed by atoms with E-state index in [9.17, 15) is 4.79 Å². The predicted octanol–water partition coefficient (Wildman–Crippen LogP) is 7.82. The van der Waals surface area contributed by atoms with Gasteiger partial charge in [0.05, 0.1) is 18.1 Å². The van der Waals surface area contributed by atoms with Crippen molar-refractivity contribution < 1.29 is 14.3 Å². The summed E-state index contributed by atoms with van der Waals surface area (Å²) in [6.45, 7) is 0.472. The van der Waals surface area contributed by atoms with Crippen LogP contribution in [0.15, 0.2) is 52.4 Å². The summed E-state index contributed by atoms with van der Waals surface area (Å²) in [6.07, 6.45) is 13.8. The molecule has 0 aromatic heterocycles. The van der Waals surface area contributed by atoms with Crippen molar-refractivity contribution in [1.82, 2.24) is 4.90 Å². The second-order valence-electron chi connectivity index (χ2n) is 10.1. The Hall–Kier alpha value is -2.00. The van der Waals surface area contributed by atoms with Gasteiger partial charge in [-0.3, -0.25) is 14.7 Å². The van der Waals surface area contributed by atoms with Crippen LogP contribution < -0.4 is 9.47 Å². The average molecular weight is 631 g/mol. The minimum absolute atomic E-state index is 0.101. The van der Waals surface area contributed by atoms with Crippen LogP contribution in [0.1, 0.15) is 75.3 Å². The number of carbonyl (C=O) groups excluding carboxylic acids is 1. The van der Waals surface area contributed by atoms with E-state index in [1.807, 2.05) is 29.2 Å². The van der Waals surface area contributed by atoms with Gasteiger partial charge in [0.25, 0.3) is 5.91 Å². The highest BCUT2D eigenvalue weighted by Gasteiger charge is 2.39. The van der Waals surface area contributed by atoms with E-state index in [0.717, 1.165) is 46.9 Å². The molecule has 1 amide bonds. The quantitative estimate of drug-likeness (QED) is 0.231. The van der Waals surface area contributed by atoms with Crippen LogP contribution in [0.5, 0.6) is 11.5 Å². The third kappa shape index (κ3) is 6.72. The number of amides is 1. The molecule has 7 heteroatoms. The fraction of sp³-hybridized carbons (Fsp3) is 0.467. The van der Waals surface area contributed by atoms with Crippen molar-refractivity contribution >= 4 is 51.5 Å². The van der Waals surface area contributed by atoms with Crippen LogP contribution in [0.4, 0.5) is 0 Å². The number of rotatable bonds is 7. The molecule has 3 fully saturated rings. The summed E-state index contributed by atoms with van der Waals surface area (Å²) in [6, 6.07) is 14.8. The number of halogens is 1. The van der Waals surface area contributed by atoms with Crippen LogP contribution in [-0.4, -0.2) is 35.2 Å². The fourth-order valence-electron chi connectivity index (χ4n) is 5.39. The third-order valence-corrected chi connectivity index (χ3v) is 9.15. The molecule has 1 aliphatic heterocycles. The molecular weight excluding hydrogens is 595 g/mol. The number of hydrogen-bond acceptors (Lipinski definition) is 5. The number of aliphatic imine (C=N–C) groups is 1. The van der Waals surface area contributed by atoms with Gasteiger partial charge in [0.15, 0.2) is 16.7 Å². The Bertz CT molecular complexity index is 1150. The lowest BCUT2D eigenvalue weighted by atomic mass is 9.94. The van der Waals surface area contributed by atoms with E-state index < -0.39 is 0 Å². The molecular formula is C30H35IN2O3S. The van der Waals surface area contributed by atoms with E-state index in [1.54, 1.807) is 18.9 Å². The summed E-state index contributed by atoms with van der Waals surface area (Å²) in [5.74, 6) is 1.46. The third-order valence-electron chi connectivity index (χ3n) is 7.44. The Morgan fingerprint density at radius 3 is 2.38 bits per heavy atom. The molecule has 37 heavy (non-hydrogen) atoms. The Kier molecular flexibility index (Phi) is 9.13. The van der Waals surface area contributed by atoms with Gasteiger partial charge in [0, 0.05) is 9.61 Å². The first-order chi connectivity index (χ1) is 18.1. The SMILES string of the molecule is COc1cc(C=C2SC(=NC3CCCCC3)N(C3CCCCC3)C2=O)ccc1OCc1ccc(I)cc1. The van der Waals surface area contributed by atoms with Gasteiger partial charge in [-0.2, -0.15) is 0 Å². The standard InChI is InChI=1S/C30H35IN2O3S/c1-35-27-18-22(14-17-26(27)36-20-21-12-15-23(31)16-13-21)19-28-29(34)33(25-10-6-3-7-11-25)30(37-28)32-24-8-4-2-5-9-24/h12-19,24-25H,2-11,20H2,1H3. The zero-order valence-corrected chi connectivity index (χ0v) is 24.4. The van der Waals surface area contributed by atoms with Crippen LogP contribution in [0.3, 0.4) is 0 Å². The summed E-state index contributed by atoms with van der Waals surface area (Å²) in [5, 5.41) is 0.916. The molecule has 196 valence electrons. The molecule has 2 aromatic rings. The fourth-order valence-corrected chi connectivity index (χ4v) is 6.86. The number of amidine groups is 1. The van der Waals surface area contributed by atoms with Crippen LogP contribution in [0.2, 0.25) is 0 Å². The molecule has 2 aliphatic carbocycles. The largest absolute Gasteiger partial charge is 0.493 e. The van der Waals surface area contributed by atoms with Gasteiger partial charge in [-0.05, 0) is 102 Å². The first kappa shape index (κ1) is 26.6. The van der Waals surface area contributed by atoms with Crippen molar-refractivity contribution in [2.75, 3.05) is 7.11 Å². The number of methoxy groups -OCH3 is 1. The van der Waals surface area contributed by atoms with Gasteiger partial charge in [-0.25, -0.2) is 0 Å². The van der Waals surface area contributed by atoms with Crippen molar-refractivity contribution in [2.24, 2.45) is 4.99 Å². The summed E-state index contributed by atoms with van der Waals surface area (Å²) < 4.78 is 12.9. The molecule has 0 atom stereocenters. The predicted molar refractivity (Wildman–Crippen MR) is 160 cm³/mol. The summed E-state index contributed by atoms with van der Waals surface area (Å²) in [4.78, 5) is 21.6. The zero-order chi connectivity index (χ0) is 25.6. The minimum Gasteiger partial charge on any atom is -0.493 e. The van der Waals surface area contributed by atoms with Gasteiger partial charge in [-0.15, -0.1) is 0 Å². The summed E-state index contributed by atoms with van der Waals surface area (Å²) in [7, 11) is 1.65. The molecule has 0 radical (unpaired) electrons. The molecule has 0 unspecified atom stereocenters. The molecule has 0 bridgehead atoms. The summed E-state index contributed by atoms with van der Waals surface area (Å²) in [5.41, 5.74) is 2.03. The Labute approximate surface area is 238 Å². The van der Waals surface area contributed by atoms with E-state index in [4.69, 9.17) is 14.5 Å². The maximum atomic E-state index is 13.7. The monoisotopic (exact) mass is 630 g/mol. The molecule has 2 aromatic carbocycles. The lowest BCUT2D eigenvalue weighted by molar-refractivity contribution is -0.124. The summed E-state index contributed by atoms with van der Waals surface area (Å²) >= 11 is 3.85. The Balaban J connectivity index is 1.35. The lowest BCUT2D eigenvalue weighted by Gasteiger charge is -2.31. The molecule has 5 nitrogen and oxygen atoms in total. The Morgan fingerprint density at radius 1 is 0.973 bits per heavy atom. The Morgan fingerprint density at radius 2 is 1.68 bits per heavy atom. The number of benzene rings is 2. The molecule has 0 spiro atoms. The normalized spacial score (nSPS) is 21.7. The van der Waals surface area contributed by atoms with Crippen molar-refractivity contribution in [3.63, 3.8) is 0 Å². The highest BCUT2D eigenvalue weighted by atomic mass is 127. The van der Waals surface area contributed by atoms with Crippen LogP contribution >= 0.6 is 34.4 Å². The molecule has 5 rings (SSSR count). The zero-order valence-electron chi connectivity index (χ0n) is 21.5. The van der Waals surface area contributed by atoms with Gasteiger partial charge in [0.1, 0.15) is 6.61 Å². The van der Waals surface area contributed by atoms with E-state index >= 15 is 0 Å². The van der Waals surface area contributed by atoms with Gasteiger partial charge < -0.3 is 9.47 Å². The number of carbonyl (C=O) groups is 1. The average Bonchev–Trinajstić information content (AvgIpc) is 3.23. The maximum absolute atomic E-state index is 13.7. The van der Waals surface area contributed by atoms with Gasteiger partial charge >= 0.3 is 0 Å². The van der Waals surface area contributed by atoms with E-state index in [1.165, 1.54) is 42.1 Å². The van der Waals surface area contributed by atoms with Crippen molar-refractivity contribution in [3.8, 4) is 11.5 Å². The van der Waals surface area contributed by atoms with Gasteiger partial charge in [-0.1, -0.05) is 56.7 Å². The first-order valence-corrected chi connectivity index (χ1v) is 15.4. The van der Waals surface area contributed by atoms with E-state index in [2.05, 4.69) is 46.9 Å². The molecule has 1 heterocycles. The molecule has 2 saturated carbocycles. The van der Waals surface area contributed by atoms with Crippen molar-refractivity contribution in [3.05, 3.63) is 62.1 Å². The molecule has 3 aliphatic rings. The van der Waals surface area contributed by atoms with Crippen LogP contribution in [-0.2, 0) is 11.4 Å².